The molecule has 1 fully saturated rings. The molecule has 0 aromatic carbocycles. The van der Waals surface area contributed by atoms with Gasteiger partial charge in [0.1, 0.15) is 5.76 Å². The van der Waals surface area contributed by atoms with E-state index in [2.05, 4.69) is 20.8 Å². The Kier molecular flexibility index (Phi) is 4.83. The first kappa shape index (κ1) is 13.6. The summed E-state index contributed by atoms with van der Waals surface area (Å²) in [5.41, 5.74) is 0.698. The smallest absolute Gasteiger partial charge is 0.257 e. The van der Waals surface area contributed by atoms with Gasteiger partial charge in [-0.15, -0.1) is 0 Å². The van der Waals surface area contributed by atoms with Crippen LogP contribution in [0.25, 0.3) is 0 Å². The first-order valence-electron chi connectivity index (χ1n) is 6.34. The highest BCUT2D eigenvalue weighted by atomic mass is 79.9. The molecule has 0 spiro atoms. The number of hydrogen-bond donors (Lipinski definition) is 0. The molecule has 0 N–H and O–H groups in total. The Bertz CT molecular complexity index is 405. The molecule has 2 heterocycles. The van der Waals surface area contributed by atoms with Gasteiger partial charge in [-0.1, -0.05) is 15.9 Å². The number of amides is 1. The molecule has 0 bridgehead atoms. The second-order valence-electron chi connectivity index (χ2n) is 4.57. The number of carbonyl (C=O) groups is 1. The Balaban J connectivity index is 1.98. The second-order valence-corrected chi connectivity index (χ2v) is 5.36. The number of aryl methyl sites for hydroxylation is 1. The van der Waals surface area contributed by atoms with E-state index in [0.717, 1.165) is 44.5 Å². The van der Waals surface area contributed by atoms with Gasteiger partial charge in [0.05, 0.1) is 11.8 Å². The molecule has 1 aromatic heterocycles. The summed E-state index contributed by atoms with van der Waals surface area (Å²) in [5.74, 6) is 0.809. The van der Waals surface area contributed by atoms with Crippen LogP contribution in [0.15, 0.2) is 16.7 Å². The zero-order valence-electron chi connectivity index (χ0n) is 10.7. The Morgan fingerprint density at radius 2 is 2.22 bits per heavy atom. The Morgan fingerprint density at radius 3 is 2.89 bits per heavy atom. The van der Waals surface area contributed by atoms with Crippen LogP contribution < -0.4 is 0 Å². The van der Waals surface area contributed by atoms with Crippen molar-refractivity contribution in [3.05, 3.63) is 23.7 Å². The van der Waals surface area contributed by atoms with Gasteiger partial charge in [0.25, 0.3) is 5.91 Å². The maximum absolute atomic E-state index is 12.3. The highest BCUT2D eigenvalue weighted by molar-refractivity contribution is 9.09. The van der Waals surface area contributed by atoms with Gasteiger partial charge in [0, 0.05) is 31.5 Å². The minimum atomic E-state index is 0.0990. The van der Waals surface area contributed by atoms with E-state index in [-0.39, 0.29) is 5.91 Å². The molecule has 0 unspecified atom stereocenters. The van der Waals surface area contributed by atoms with Crippen LogP contribution >= 0.6 is 15.9 Å². The normalized spacial score (nSPS) is 17.8. The zero-order valence-corrected chi connectivity index (χ0v) is 12.3. The zero-order chi connectivity index (χ0) is 13.0. The molecule has 0 aliphatic carbocycles. The molecule has 0 radical (unpaired) electrons. The van der Waals surface area contributed by atoms with Gasteiger partial charge in [0.2, 0.25) is 0 Å². The number of alkyl halides is 1. The first-order chi connectivity index (χ1) is 8.72. The lowest BCUT2D eigenvalue weighted by molar-refractivity contribution is 0.0760. The molecule has 0 atom stereocenters. The number of rotatable bonds is 3. The van der Waals surface area contributed by atoms with Gasteiger partial charge in [-0.2, -0.15) is 0 Å². The van der Waals surface area contributed by atoms with E-state index in [1.807, 2.05) is 11.8 Å². The van der Waals surface area contributed by atoms with E-state index in [0.29, 0.717) is 11.3 Å². The van der Waals surface area contributed by atoms with Crippen molar-refractivity contribution in [3.8, 4) is 0 Å². The van der Waals surface area contributed by atoms with Crippen LogP contribution in [0.5, 0.6) is 0 Å². The SMILES string of the molecule is Cc1occc1C(=O)N1CCCN(CCBr)CC1. The third-order valence-corrected chi connectivity index (χ3v) is 3.72. The second kappa shape index (κ2) is 6.38. The van der Waals surface area contributed by atoms with Gasteiger partial charge in [-0.3, -0.25) is 4.79 Å². The van der Waals surface area contributed by atoms with Crippen molar-refractivity contribution in [2.75, 3.05) is 38.1 Å². The molecule has 18 heavy (non-hydrogen) atoms. The summed E-state index contributed by atoms with van der Waals surface area (Å²) < 4.78 is 5.20. The molecule has 1 amide bonds. The van der Waals surface area contributed by atoms with Gasteiger partial charge in [-0.05, 0) is 26.0 Å². The minimum Gasteiger partial charge on any atom is -0.469 e. The Hall–Kier alpha value is -0.810. The lowest BCUT2D eigenvalue weighted by Gasteiger charge is -2.21. The lowest BCUT2D eigenvalue weighted by atomic mass is 10.2. The standard InChI is InChI=1S/C13H19BrN2O2/c1-11-12(3-10-18-11)13(17)16-6-2-5-15(7-4-14)8-9-16/h3,10H,2,4-9H2,1H3. The van der Waals surface area contributed by atoms with E-state index in [4.69, 9.17) is 4.42 Å². The van der Waals surface area contributed by atoms with Gasteiger partial charge in [0.15, 0.2) is 0 Å². The lowest BCUT2D eigenvalue weighted by Crippen LogP contribution is -2.35. The summed E-state index contributed by atoms with van der Waals surface area (Å²) in [6.45, 7) is 6.54. The van der Waals surface area contributed by atoms with Crippen molar-refractivity contribution in [2.45, 2.75) is 13.3 Å². The number of halogens is 1. The predicted octanol–water partition coefficient (Wildman–Crippen LogP) is 2.13. The molecule has 4 nitrogen and oxygen atoms in total. The topological polar surface area (TPSA) is 36.7 Å². The molecule has 100 valence electrons. The third kappa shape index (κ3) is 3.14. The molecular weight excluding hydrogens is 296 g/mol. The Labute approximate surface area is 116 Å². The van der Waals surface area contributed by atoms with E-state index in [1.54, 1.807) is 12.3 Å². The average Bonchev–Trinajstić information content (AvgIpc) is 2.64. The van der Waals surface area contributed by atoms with E-state index in [9.17, 15) is 4.79 Å². The molecule has 1 aromatic rings. The molecular formula is C13H19BrN2O2. The summed E-state index contributed by atoms with van der Waals surface area (Å²) in [4.78, 5) is 16.7. The Morgan fingerprint density at radius 1 is 1.39 bits per heavy atom. The highest BCUT2D eigenvalue weighted by Crippen LogP contribution is 2.14. The van der Waals surface area contributed by atoms with Crippen LogP contribution in [0.2, 0.25) is 0 Å². The highest BCUT2D eigenvalue weighted by Gasteiger charge is 2.22. The van der Waals surface area contributed by atoms with Crippen molar-refractivity contribution in [1.29, 1.82) is 0 Å². The van der Waals surface area contributed by atoms with E-state index in [1.165, 1.54) is 0 Å². The summed E-state index contributed by atoms with van der Waals surface area (Å²) in [6.07, 6.45) is 2.62. The number of hydrogen-bond acceptors (Lipinski definition) is 3. The van der Waals surface area contributed by atoms with Crippen molar-refractivity contribution in [1.82, 2.24) is 9.80 Å². The van der Waals surface area contributed by atoms with Crippen LogP contribution in [0.4, 0.5) is 0 Å². The van der Waals surface area contributed by atoms with Crippen LogP contribution in [0, 0.1) is 6.92 Å². The van der Waals surface area contributed by atoms with E-state index >= 15 is 0 Å². The molecule has 5 heteroatoms. The van der Waals surface area contributed by atoms with Crippen molar-refractivity contribution in [2.24, 2.45) is 0 Å². The third-order valence-electron chi connectivity index (χ3n) is 3.37. The van der Waals surface area contributed by atoms with Gasteiger partial charge in [-0.25, -0.2) is 0 Å². The van der Waals surface area contributed by atoms with Crippen molar-refractivity contribution in [3.63, 3.8) is 0 Å². The van der Waals surface area contributed by atoms with Crippen LogP contribution in [0.3, 0.4) is 0 Å². The average molecular weight is 315 g/mol. The van der Waals surface area contributed by atoms with Crippen LogP contribution in [-0.2, 0) is 0 Å². The van der Waals surface area contributed by atoms with Crippen LogP contribution in [-0.4, -0.2) is 53.8 Å². The number of nitrogens with zero attached hydrogens (tertiary/aromatic N) is 2. The number of carbonyl (C=O) groups excluding carboxylic acids is 1. The largest absolute Gasteiger partial charge is 0.469 e. The summed E-state index contributed by atoms with van der Waals surface area (Å²) >= 11 is 3.46. The molecule has 2 rings (SSSR count). The first-order valence-corrected chi connectivity index (χ1v) is 7.46. The molecule has 1 saturated heterocycles. The molecule has 0 saturated carbocycles. The van der Waals surface area contributed by atoms with Gasteiger partial charge >= 0.3 is 0 Å². The minimum absolute atomic E-state index is 0.0990. The summed E-state index contributed by atoms with van der Waals surface area (Å²) in [5, 5.41) is 0.988. The summed E-state index contributed by atoms with van der Waals surface area (Å²) in [7, 11) is 0. The molecule has 1 aliphatic rings. The van der Waals surface area contributed by atoms with E-state index < -0.39 is 0 Å². The van der Waals surface area contributed by atoms with Crippen molar-refractivity contribution < 1.29 is 9.21 Å². The quantitative estimate of drug-likeness (QED) is 0.802. The van der Waals surface area contributed by atoms with Gasteiger partial charge < -0.3 is 14.2 Å². The maximum atomic E-state index is 12.3. The monoisotopic (exact) mass is 314 g/mol. The molecule has 1 aliphatic heterocycles. The summed E-state index contributed by atoms with van der Waals surface area (Å²) in [6, 6.07) is 1.76. The fraction of sp³-hybridized carbons (Fsp3) is 0.615. The maximum Gasteiger partial charge on any atom is 0.257 e. The fourth-order valence-electron chi connectivity index (χ4n) is 2.29. The fourth-order valence-corrected chi connectivity index (χ4v) is 2.80. The number of furan rings is 1. The van der Waals surface area contributed by atoms with Crippen molar-refractivity contribution >= 4 is 21.8 Å². The van der Waals surface area contributed by atoms with Crippen LogP contribution in [0.1, 0.15) is 22.5 Å². The predicted molar refractivity (Wildman–Crippen MR) is 74.2 cm³/mol.